The van der Waals surface area contributed by atoms with Gasteiger partial charge < -0.3 is 0 Å². The third kappa shape index (κ3) is 4.05. The maximum absolute atomic E-state index is 10.4. The first kappa shape index (κ1) is 10.2. The van der Waals surface area contributed by atoms with Crippen molar-refractivity contribution in [3.8, 4) is 0 Å². The number of hydroxylamine groups is 1. The Morgan fingerprint density at radius 1 is 1.62 bits per heavy atom. The van der Waals surface area contributed by atoms with Gasteiger partial charge >= 0.3 is 0 Å². The van der Waals surface area contributed by atoms with Crippen molar-refractivity contribution in [1.82, 2.24) is 5.48 Å². The minimum Gasteiger partial charge on any atom is -0.273 e. The summed E-state index contributed by atoms with van der Waals surface area (Å²) in [5.74, 6) is -0.164. The molecule has 0 atom stereocenters. The fourth-order valence-corrected chi connectivity index (χ4v) is 1.79. The highest BCUT2D eigenvalue weighted by molar-refractivity contribution is 7.11. The molecule has 3 nitrogen and oxygen atoms in total. The number of amides is 1. The van der Waals surface area contributed by atoms with Gasteiger partial charge in [0.05, 0.1) is 6.61 Å². The standard InChI is InChI=1S/C9H13NO2S/c1-7-3-4-9(13-7)5-6-12-10-8(2)11/h3-4H,5-6H2,1-2H3,(H,10,11). The molecule has 0 spiro atoms. The Hall–Kier alpha value is -0.870. The number of aryl methyl sites for hydroxylation is 1. The lowest BCUT2D eigenvalue weighted by Crippen LogP contribution is -2.21. The van der Waals surface area contributed by atoms with Crippen molar-refractivity contribution in [2.75, 3.05) is 6.61 Å². The Kier molecular flexibility index (Phi) is 3.92. The number of nitrogens with one attached hydrogen (secondary N) is 1. The monoisotopic (exact) mass is 199 g/mol. The zero-order valence-corrected chi connectivity index (χ0v) is 8.61. The summed E-state index contributed by atoms with van der Waals surface area (Å²) in [6.07, 6.45) is 0.846. The van der Waals surface area contributed by atoms with E-state index in [4.69, 9.17) is 4.84 Å². The summed E-state index contributed by atoms with van der Waals surface area (Å²) >= 11 is 1.75. The summed E-state index contributed by atoms with van der Waals surface area (Å²) in [6, 6.07) is 4.16. The summed E-state index contributed by atoms with van der Waals surface area (Å²) in [7, 11) is 0. The minimum absolute atomic E-state index is 0.164. The van der Waals surface area contributed by atoms with E-state index in [1.54, 1.807) is 11.3 Å². The Balaban J connectivity index is 2.16. The third-order valence-corrected chi connectivity index (χ3v) is 2.52. The fraction of sp³-hybridized carbons (Fsp3) is 0.444. The first-order chi connectivity index (χ1) is 6.18. The van der Waals surface area contributed by atoms with Crippen molar-refractivity contribution in [3.63, 3.8) is 0 Å². The molecule has 0 saturated heterocycles. The van der Waals surface area contributed by atoms with E-state index in [1.807, 2.05) is 0 Å². The van der Waals surface area contributed by atoms with Crippen LogP contribution in [0.2, 0.25) is 0 Å². The molecule has 0 radical (unpaired) electrons. The average molecular weight is 199 g/mol. The lowest BCUT2D eigenvalue weighted by Gasteiger charge is -2.00. The Morgan fingerprint density at radius 2 is 2.38 bits per heavy atom. The second kappa shape index (κ2) is 4.99. The minimum atomic E-state index is -0.164. The van der Waals surface area contributed by atoms with Gasteiger partial charge in [-0.25, -0.2) is 5.48 Å². The fourth-order valence-electron chi connectivity index (χ4n) is 0.924. The van der Waals surface area contributed by atoms with Crippen molar-refractivity contribution in [1.29, 1.82) is 0 Å². The van der Waals surface area contributed by atoms with Gasteiger partial charge in [0.25, 0.3) is 0 Å². The van der Waals surface area contributed by atoms with Crippen LogP contribution in [-0.4, -0.2) is 12.5 Å². The highest BCUT2D eigenvalue weighted by Crippen LogP contribution is 2.15. The van der Waals surface area contributed by atoms with Gasteiger partial charge in [-0.3, -0.25) is 9.63 Å². The summed E-state index contributed by atoms with van der Waals surface area (Å²) in [4.78, 5) is 17.9. The number of hydrogen-bond acceptors (Lipinski definition) is 3. The lowest BCUT2D eigenvalue weighted by atomic mass is 10.3. The van der Waals surface area contributed by atoms with Gasteiger partial charge in [0.1, 0.15) is 0 Å². The molecule has 0 aliphatic rings. The van der Waals surface area contributed by atoms with Gasteiger partial charge in [0.2, 0.25) is 5.91 Å². The molecule has 0 aliphatic carbocycles. The first-order valence-corrected chi connectivity index (χ1v) is 4.94. The molecule has 0 fully saturated rings. The van der Waals surface area contributed by atoms with Gasteiger partial charge in [-0.1, -0.05) is 0 Å². The van der Waals surface area contributed by atoms with Gasteiger partial charge in [0, 0.05) is 23.1 Å². The SMILES string of the molecule is CC(=O)NOCCc1ccc(C)s1. The molecule has 1 N–H and O–H groups in total. The first-order valence-electron chi connectivity index (χ1n) is 4.12. The molecular weight excluding hydrogens is 186 g/mol. The van der Waals surface area contributed by atoms with E-state index in [-0.39, 0.29) is 5.91 Å². The Labute approximate surface area is 81.7 Å². The number of carbonyl (C=O) groups excluding carboxylic acids is 1. The molecule has 0 aromatic carbocycles. The van der Waals surface area contributed by atoms with Crippen LogP contribution in [0.15, 0.2) is 12.1 Å². The van der Waals surface area contributed by atoms with Crippen LogP contribution in [0.4, 0.5) is 0 Å². The second-order valence-corrected chi connectivity index (χ2v) is 4.14. The van der Waals surface area contributed by atoms with E-state index in [1.165, 1.54) is 16.7 Å². The van der Waals surface area contributed by atoms with Crippen LogP contribution >= 0.6 is 11.3 Å². The van der Waals surface area contributed by atoms with Gasteiger partial charge in [-0.05, 0) is 19.1 Å². The number of rotatable bonds is 4. The average Bonchev–Trinajstić information content (AvgIpc) is 2.45. The zero-order chi connectivity index (χ0) is 9.68. The molecule has 0 aliphatic heterocycles. The van der Waals surface area contributed by atoms with Gasteiger partial charge in [0.15, 0.2) is 0 Å². The molecule has 1 amide bonds. The summed E-state index contributed by atoms with van der Waals surface area (Å²) in [5, 5.41) is 0. The Morgan fingerprint density at radius 3 is 2.92 bits per heavy atom. The van der Waals surface area contributed by atoms with Gasteiger partial charge in [-0.15, -0.1) is 11.3 Å². The van der Waals surface area contributed by atoms with Crippen molar-refractivity contribution in [2.24, 2.45) is 0 Å². The van der Waals surface area contributed by atoms with Crippen LogP contribution in [0.1, 0.15) is 16.7 Å². The van der Waals surface area contributed by atoms with E-state index < -0.39 is 0 Å². The summed E-state index contributed by atoms with van der Waals surface area (Å²) in [5.41, 5.74) is 2.29. The molecule has 1 heterocycles. The predicted molar refractivity (Wildman–Crippen MR) is 52.5 cm³/mol. The van der Waals surface area contributed by atoms with Crippen LogP contribution in [0, 0.1) is 6.92 Å². The topological polar surface area (TPSA) is 38.3 Å². The molecule has 4 heteroatoms. The van der Waals surface area contributed by atoms with E-state index >= 15 is 0 Å². The molecule has 1 aromatic rings. The largest absolute Gasteiger partial charge is 0.273 e. The van der Waals surface area contributed by atoms with E-state index in [2.05, 4.69) is 24.5 Å². The van der Waals surface area contributed by atoms with E-state index in [0.717, 1.165) is 6.42 Å². The van der Waals surface area contributed by atoms with Crippen LogP contribution in [0.5, 0.6) is 0 Å². The predicted octanol–water partition coefficient (Wildman–Crippen LogP) is 1.67. The Bertz CT molecular complexity index is 283. The molecule has 0 saturated carbocycles. The van der Waals surface area contributed by atoms with Crippen LogP contribution < -0.4 is 5.48 Å². The van der Waals surface area contributed by atoms with Crippen LogP contribution in [-0.2, 0) is 16.1 Å². The van der Waals surface area contributed by atoms with Crippen molar-refractivity contribution < 1.29 is 9.63 Å². The molecular formula is C9H13NO2S. The quantitative estimate of drug-likeness (QED) is 0.591. The lowest BCUT2D eigenvalue weighted by molar-refractivity contribution is -0.131. The van der Waals surface area contributed by atoms with Crippen LogP contribution in [0.25, 0.3) is 0 Å². The summed E-state index contributed by atoms with van der Waals surface area (Å²) in [6.45, 7) is 4.03. The highest BCUT2D eigenvalue weighted by Gasteiger charge is 1.97. The van der Waals surface area contributed by atoms with Crippen molar-refractivity contribution in [3.05, 3.63) is 21.9 Å². The van der Waals surface area contributed by atoms with Crippen molar-refractivity contribution >= 4 is 17.2 Å². The highest BCUT2D eigenvalue weighted by atomic mass is 32.1. The zero-order valence-electron chi connectivity index (χ0n) is 7.79. The number of hydrogen-bond donors (Lipinski definition) is 1. The van der Waals surface area contributed by atoms with Crippen LogP contribution in [0.3, 0.4) is 0 Å². The maximum Gasteiger partial charge on any atom is 0.240 e. The number of thiophene rings is 1. The van der Waals surface area contributed by atoms with Crippen molar-refractivity contribution in [2.45, 2.75) is 20.3 Å². The maximum atomic E-state index is 10.4. The molecule has 0 unspecified atom stereocenters. The summed E-state index contributed by atoms with van der Waals surface area (Å²) < 4.78 is 0. The normalized spacial score (nSPS) is 10.0. The van der Waals surface area contributed by atoms with E-state index in [9.17, 15) is 4.79 Å². The molecule has 1 aromatic heterocycles. The smallest absolute Gasteiger partial charge is 0.240 e. The molecule has 0 bridgehead atoms. The molecule has 1 rings (SSSR count). The van der Waals surface area contributed by atoms with E-state index in [0.29, 0.717) is 6.61 Å². The molecule has 13 heavy (non-hydrogen) atoms. The number of carbonyl (C=O) groups is 1. The molecule has 72 valence electrons. The van der Waals surface area contributed by atoms with Gasteiger partial charge in [-0.2, -0.15) is 0 Å². The second-order valence-electron chi connectivity index (χ2n) is 2.77. The third-order valence-electron chi connectivity index (χ3n) is 1.46.